The third-order valence-electron chi connectivity index (χ3n) is 2.98. The highest BCUT2D eigenvalue weighted by molar-refractivity contribution is 7.13. The van der Waals surface area contributed by atoms with Crippen molar-refractivity contribution in [3.8, 4) is 10.7 Å². The molecular weight excluding hydrogens is 256 g/mol. The molecule has 1 aromatic carbocycles. The Kier molecular flexibility index (Phi) is 3.15. The van der Waals surface area contributed by atoms with Gasteiger partial charge >= 0.3 is 0 Å². The smallest absolute Gasteiger partial charge is 0.191 e. The van der Waals surface area contributed by atoms with Crippen molar-refractivity contribution in [2.75, 3.05) is 0 Å². The van der Waals surface area contributed by atoms with Gasteiger partial charge in [0.15, 0.2) is 5.82 Å². The maximum atomic E-state index is 6.26. The highest BCUT2D eigenvalue weighted by Crippen LogP contribution is 2.24. The molecular formula is C14H14N4S. The van der Waals surface area contributed by atoms with Crippen molar-refractivity contribution in [3.63, 3.8) is 0 Å². The summed E-state index contributed by atoms with van der Waals surface area (Å²) in [6.45, 7) is 0. The first-order valence-electron chi connectivity index (χ1n) is 6.01. The van der Waals surface area contributed by atoms with E-state index in [1.54, 1.807) is 16.0 Å². The largest absolute Gasteiger partial charge is 0.318 e. The van der Waals surface area contributed by atoms with Gasteiger partial charge in [0.1, 0.15) is 5.82 Å². The van der Waals surface area contributed by atoms with E-state index in [-0.39, 0.29) is 6.04 Å². The number of nitrogens with two attached hydrogens (primary N) is 1. The molecule has 0 radical (unpaired) electrons. The number of thiophene rings is 1. The lowest BCUT2D eigenvalue weighted by molar-refractivity contribution is 0.660. The fourth-order valence-corrected chi connectivity index (χ4v) is 2.64. The van der Waals surface area contributed by atoms with Crippen molar-refractivity contribution >= 4 is 11.3 Å². The van der Waals surface area contributed by atoms with E-state index in [0.29, 0.717) is 0 Å². The Morgan fingerprint density at radius 2 is 1.95 bits per heavy atom. The normalized spacial score (nSPS) is 12.5. The van der Waals surface area contributed by atoms with Gasteiger partial charge in [0, 0.05) is 7.05 Å². The third-order valence-corrected chi connectivity index (χ3v) is 3.84. The van der Waals surface area contributed by atoms with E-state index in [1.807, 2.05) is 54.9 Å². The number of benzene rings is 1. The Balaban J connectivity index is 1.98. The number of rotatable bonds is 3. The molecule has 5 heteroatoms. The topological polar surface area (TPSA) is 56.7 Å². The molecule has 0 amide bonds. The number of hydrogen-bond donors (Lipinski definition) is 1. The first-order chi connectivity index (χ1) is 9.25. The maximum Gasteiger partial charge on any atom is 0.191 e. The first-order valence-corrected chi connectivity index (χ1v) is 6.89. The van der Waals surface area contributed by atoms with Crippen LogP contribution >= 0.6 is 11.3 Å². The van der Waals surface area contributed by atoms with Crippen LogP contribution in [0.25, 0.3) is 10.7 Å². The van der Waals surface area contributed by atoms with E-state index in [4.69, 9.17) is 5.73 Å². The van der Waals surface area contributed by atoms with Crippen LogP contribution in [0.5, 0.6) is 0 Å². The van der Waals surface area contributed by atoms with Crippen LogP contribution in [-0.4, -0.2) is 14.8 Å². The Labute approximate surface area is 115 Å². The minimum atomic E-state index is -0.257. The van der Waals surface area contributed by atoms with E-state index in [0.717, 1.165) is 22.1 Å². The van der Waals surface area contributed by atoms with E-state index < -0.39 is 0 Å². The first kappa shape index (κ1) is 12.1. The molecule has 3 rings (SSSR count). The second-order valence-corrected chi connectivity index (χ2v) is 5.23. The van der Waals surface area contributed by atoms with Crippen LogP contribution in [0.2, 0.25) is 0 Å². The van der Waals surface area contributed by atoms with Crippen molar-refractivity contribution in [2.45, 2.75) is 6.04 Å². The van der Waals surface area contributed by atoms with Gasteiger partial charge in [-0.3, -0.25) is 4.68 Å². The second-order valence-electron chi connectivity index (χ2n) is 4.28. The van der Waals surface area contributed by atoms with Crippen LogP contribution in [0.1, 0.15) is 17.4 Å². The maximum absolute atomic E-state index is 6.26. The number of aryl methyl sites for hydroxylation is 1. The molecule has 0 spiro atoms. The second kappa shape index (κ2) is 4.95. The van der Waals surface area contributed by atoms with Gasteiger partial charge in [-0.15, -0.1) is 11.3 Å². The van der Waals surface area contributed by atoms with Crippen LogP contribution in [-0.2, 0) is 7.05 Å². The summed E-state index contributed by atoms with van der Waals surface area (Å²) >= 11 is 1.63. The minimum absolute atomic E-state index is 0.257. The van der Waals surface area contributed by atoms with Gasteiger partial charge in [0.25, 0.3) is 0 Å². The predicted molar refractivity (Wildman–Crippen MR) is 76.8 cm³/mol. The van der Waals surface area contributed by atoms with Gasteiger partial charge in [-0.25, -0.2) is 4.98 Å². The van der Waals surface area contributed by atoms with Crippen molar-refractivity contribution in [3.05, 3.63) is 59.2 Å². The zero-order valence-electron chi connectivity index (χ0n) is 10.5. The lowest BCUT2D eigenvalue weighted by Gasteiger charge is -2.10. The number of hydrogen-bond acceptors (Lipinski definition) is 4. The fraction of sp³-hybridized carbons (Fsp3) is 0.143. The SMILES string of the molecule is Cn1nc(-c2cccs2)nc1C(N)c1ccccc1. The average Bonchev–Trinajstić information content (AvgIpc) is 3.08. The summed E-state index contributed by atoms with van der Waals surface area (Å²) in [6, 6.07) is 13.7. The Morgan fingerprint density at radius 3 is 2.63 bits per heavy atom. The summed E-state index contributed by atoms with van der Waals surface area (Å²) in [5, 5.41) is 6.45. The summed E-state index contributed by atoms with van der Waals surface area (Å²) in [5.74, 6) is 1.51. The molecule has 0 fully saturated rings. The van der Waals surface area contributed by atoms with Gasteiger partial charge in [-0.2, -0.15) is 5.10 Å². The predicted octanol–water partition coefficient (Wildman–Crippen LogP) is 2.59. The summed E-state index contributed by atoms with van der Waals surface area (Å²) < 4.78 is 1.76. The molecule has 0 aliphatic heterocycles. The highest BCUT2D eigenvalue weighted by Gasteiger charge is 2.17. The van der Waals surface area contributed by atoms with Gasteiger partial charge in [-0.1, -0.05) is 36.4 Å². The van der Waals surface area contributed by atoms with Gasteiger partial charge in [0.2, 0.25) is 0 Å². The lowest BCUT2D eigenvalue weighted by Crippen LogP contribution is -2.16. The van der Waals surface area contributed by atoms with Crippen LogP contribution in [0, 0.1) is 0 Å². The molecule has 0 aliphatic rings. The van der Waals surface area contributed by atoms with Crippen molar-refractivity contribution in [1.82, 2.24) is 14.8 Å². The molecule has 0 bridgehead atoms. The molecule has 4 nitrogen and oxygen atoms in total. The summed E-state index contributed by atoms with van der Waals surface area (Å²) in [5.41, 5.74) is 7.30. The number of aromatic nitrogens is 3. The van der Waals surface area contributed by atoms with E-state index in [1.165, 1.54) is 0 Å². The summed E-state index contributed by atoms with van der Waals surface area (Å²) in [4.78, 5) is 5.62. The molecule has 0 saturated heterocycles. The Hall–Kier alpha value is -1.98. The average molecular weight is 270 g/mol. The van der Waals surface area contributed by atoms with E-state index in [2.05, 4.69) is 10.1 Å². The molecule has 0 aliphatic carbocycles. The monoisotopic (exact) mass is 270 g/mol. The fourth-order valence-electron chi connectivity index (χ4n) is 1.99. The van der Waals surface area contributed by atoms with Crippen molar-refractivity contribution in [2.24, 2.45) is 12.8 Å². The molecule has 2 N–H and O–H groups in total. The summed E-state index contributed by atoms with van der Waals surface area (Å²) in [6.07, 6.45) is 0. The molecule has 96 valence electrons. The van der Waals surface area contributed by atoms with Gasteiger partial charge < -0.3 is 5.73 Å². The Morgan fingerprint density at radius 1 is 1.16 bits per heavy atom. The molecule has 0 saturated carbocycles. The summed E-state index contributed by atoms with van der Waals surface area (Å²) in [7, 11) is 1.88. The van der Waals surface area contributed by atoms with Crippen LogP contribution < -0.4 is 5.73 Å². The zero-order valence-corrected chi connectivity index (χ0v) is 11.3. The van der Waals surface area contributed by atoms with Crippen molar-refractivity contribution < 1.29 is 0 Å². The molecule has 2 heterocycles. The standard InChI is InChI=1S/C14H14N4S/c1-18-14(12(15)10-6-3-2-4-7-10)16-13(17-18)11-8-5-9-19-11/h2-9,12H,15H2,1H3. The Bertz CT molecular complexity index is 658. The number of nitrogens with zero attached hydrogens (tertiary/aromatic N) is 3. The highest BCUT2D eigenvalue weighted by atomic mass is 32.1. The molecule has 3 aromatic rings. The van der Waals surface area contributed by atoms with E-state index in [9.17, 15) is 0 Å². The molecule has 19 heavy (non-hydrogen) atoms. The van der Waals surface area contributed by atoms with Crippen LogP contribution in [0.15, 0.2) is 47.8 Å². The van der Waals surface area contributed by atoms with Gasteiger partial charge in [-0.05, 0) is 17.0 Å². The van der Waals surface area contributed by atoms with Crippen LogP contribution in [0.4, 0.5) is 0 Å². The van der Waals surface area contributed by atoms with E-state index >= 15 is 0 Å². The molecule has 2 aromatic heterocycles. The van der Waals surface area contributed by atoms with Gasteiger partial charge in [0.05, 0.1) is 10.9 Å². The van der Waals surface area contributed by atoms with Crippen LogP contribution in [0.3, 0.4) is 0 Å². The zero-order chi connectivity index (χ0) is 13.2. The lowest BCUT2D eigenvalue weighted by atomic mass is 10.1. The third kappa shape index (κ3) is 2.30. The molecule has 1 unspecified atom stereocenters. The quantitative estimate of drug-likeness (QED) is 0.796. The van der Waals surface area contributed by atoms with Crippen molar-refractivity contribution in [1.29, 1.82) is 0 Å². The minimum Gasteiger partial charge on any atom is -0.318 e. The molecule has 1 atom stereocenters.